The van der Waals surface area contributed by atoms with Crippen LogP contribution in [-0.2, 0) is 0 Å². The molecular formula is C12H12O2. The minimum Gasteiger partial charge on any atom is -0.462 e. The molecule has 0 amide bonds. The van der Waals surface area contributed by atoms with Crippen LogP contribution in [0.1, 0.15) is 23.0 Å². The van der Waals surface area contributed by atoms with Crippen molar-refractivity contribution in [1.29, 1.82) is 0 Å². The van der Waals surface area contributed by atoms with Crippen molar-refractivity contribution in [1.82, 2.24) is 0 Å². The fraction of sp³-hybridized carbons (Fsp3) is 0.167. The molecule has 0 N–H and O–H groups in total. The van der Waals surface area contributed by atoms with E-state index in [1.807, 2.05) is 50.3 Å². The third-order valence-electron chi connectivity index (χ3n) is 1.93. The van der Waals surface area contributed by atoms with Crippen molar-refractivity contribution in [3.63, 3.8) is 0 Å². The third-order valence-corrected chi connectivity index (χ3v) is 1.93. The Balaban J connectivity index is 2.14. The summed E-state index contributed by atoms with van der Waals surface area (Å²) in [5.41, 5.74) is 0. The van der Waals surface area contributed by atoms with Crippen LogP contribution in [0.25, 0.3) is 12.2 Å². The number of hydrogen-bond donors (Lipinski definition) is 0. The van der Waals surface area contributed by atoms with E-state index in [0.717, 1.165) is 23.0 Å². The second kappa shape index (κ2) is 3.58. The van der Waals surface area contributed by atoms with Gasteiger partial charge in [-0.3, -0.25) is 0 Å². The summed E-state index contributed by atoms with van der Waals surface area (Å²) in [6.07, 6.45) is 3.79. The molecule has 2 heterocycles. The van der Waals surface area contributed by atoms with Crippen molar-refractivity contribution in [2.45, 2.75) is 13.8 Å². The largest absolute Gasteiger partial charge is 0.462 e. The first kappa shape index (κ1) is 8.88. The van der Waals surface area contributed by atoms with E-state index in [0.29, 0.717) is 0 Å². The Morgan fingerprint density at radius 3 is 1.50 bits per heavy atom. The lowest BCUT2D eigenvalue weighted by Crippen LogP contribution is -1.63. The molecule has 0 saturated heterocycles. The van der Waals surface area contributed by atoms with Crippen LogP contribution in [0.5, 0.6) is 0 Å². The highest BCUT2D eigenvalue weighted by Crippen LogP contribution is 2.13. The topological polar surface area (TPSA) is 26.3 Å². The highest BCUT2D eigenvalue weighted by Gasteiger charge is 1.95. The van der Waals surface area contributed by atoms with E-state index < -0.39 is 0 Å². The summed E-state index contributed by atoms with van der Waals surface area (Å²) >= 11 is 0. The van der Waals surface area contributed by atoms with Gasteiger partial charge in [-0.1, -0.05) is 0 Å². The van der Waals surface area contributed by atoms with Crippen molar-refractivity contribution >= 4 is 12.2 Å². The molecule has 2 nitrogen and oxygen atoms in total. The second-order valence-corrected chi connectivity index (χ2v) is 3.23. The van der Waals surface area contributed by atoms with E-state index in [9.17, 15) is 0 Å². The molecule has 2 heteroatoms. The summed E-state index contributed by atoms with van der Waals surface area (Å²) in [5.74, 6) is 3.52. The average molecular weight is 188 g/mol. The van der Waals surface area contributed by atoms with Crippen LogP contribution in [0.4, 0.5) is 0 Å². The quantitative estimate of drug-likeness (QED) is 0.718. The van der Waals surface area contributed by atoms with Gasteiger partial charge in [0.2, 0.25) is 0 Å². The van der Waals surface area contributed by atoms with Crippen LogP contribution < -0.4 is 0 Å². The van der Waals surface area contributed by atoms with Crippen molar-refractivity contribution in [2.75, 3.05) is 0 Å². The zero-order valence-corrected chi connectivity index (χ0v) is 8.28. The van der Waals surface area contributed by atoms with Gasteiger partial charge in [0.25, 0.3) is 0 Å². The van der Waals surface area contributed by atoms with E-state index >= 15 is 0 Å². The maximum absolute atomic E-state index is 5.38. The fourth-order valence-corrected chi connectivity index (χ4v) is 1.25. The first-order chi connectivity index (χ1) is 6.74. The number of furan rings is 2. The number of rotatable bonds is 2. The molecular weight excluding hydrogens is 176 g/mol. The summed E-state index contributed by atoms with van der Waals surface area (Å²) < 4.78 is 10.8. The van der Waals surface area contributed by atoms with E-state index in [1.54, 1.807) is 0 Å². The first-order valence-corrected chi connectivity index (χ1v) is 4.55. The molecule has 0 aliphatic rings. The minimum atomic E-state index is 0.844. The minimum absolute atomic E-state index is 0.844. The molecule has 0 radical (unpaired) electrons. The van der Waals surface area contributed by atoms with Crippen molar-refractivity contribution in [3.05, 3.63) is 47.3 Å². The lowest BCUT2D eigenvalue weighted by molar-refractivity contribution is 0.521. The standard InChI is InChI=1S/C12H12O2/c1-9-3-5-11(13-9)7-8-12-6-4-10(2)14-12/h3-8H,1-2H3. The van der Waals surface area contributed by atoms with Crippen molar-refractivity contribution < 1.29 is 8.83 Å². The smallest absolute Gasteiger partial charge is 0.127 e. The summed E-state index contributed by atoms with van der Waals surface area (Å²) in [5, 5.41) is 0. The predicted octanol–water partition coefficient (Wildman–Crippen LogP) is 3.66. The summed E-state index contributed by atoms with van der Waals surface area (Å²) in [7, 11) is 0. The van der Waals surface area contributed by atoms with Gasteiger partial charge in [-0.15, -0.1) is 0 Å². The monoisotopic (exact) mass is 188 g/mol. The molecule has 72 valence electrons. The predicted molar refractivity (Wildman–Crippen MR) is 55.8 cm³/mol. The molecule has 0 aromatic carbocycles. The Kier molecular flexibility index (Phi) is 2.27. The molecule has 2 aromatic rings. The molecule has 2 rings (SSSR count). The maximum atomic E-state index is 5.38. The molecule has 0 bridgehead atoms. The molecule has 0 aliphatic heterocycles. The van der Waals surface area contributed by atoms with Gasteiger partial charge in [-0.05, 0) is 50.3 Å². The Labute approximate surface area is 82.8 Å². The van der Waals surface area contributed by atoms with Gasteiger partial charge in [-0.25, -0.2) is 0 Å². The molecule has 0 atom stereocenters. The van der Waals surface area contributed by atoms with Gasteiger partial charge >= 0.3 is 0 Å². The average Bonchev–Trinajstić information content (AvgIpc) is 2.72. The van der Waals surface area contributed by atoms with E-state index in [-0.39, 0.29) is 0 Å². The lowest BCUT2D eigenvalue weighted by Gasteiger charge is -1.85. The molecule has 0 aliphatic carbocycles. The van der Waals surface area contributed by atoms with Gasteiger partial charge in [0.05, 0.1) is 0 Å². The summed E-state index contributed by atoms with van der Waals surface area (Å²) in [6, 6.07) is 7.74. The molecule has 2 aromatic heterocycles. The summed E-state index contributed by atoms with van der Waals surface area (Å²) in [6.45, 7) is 3.85. The molecule has 0 unspecified atom stereocenters. The summed E-state index contributed by atoms with van der Waals surface area (Å²) in [4.78, 5) is 0. The number of hydrogen-bond acceptors (Lipinski definition) is 2. The Hall–Kier alpha value is -1.70. The SMILES string of the molecule is Cc1ccc(C=Cc2ccc(C)o2)o1. The normalized spacial score (nSPS) is 11.3. The lowest BCUT2D eigenvalue weighted by atomic mass is 10.3. The highest BCUT2D eigenvalue weighted by molar-refractivity contribution is 5.64. The Morgan fingerprint density at radius 2 is 1.21 bits per heavy atom. The molecule has 14 heavy (non-hydrogen) atoms. The van der Waals surface area contributed by atoms with Gasteiger partial charge in [-0.2, -0.15) is 0 Å². The Morgan fingerprint density at radius 1 is 0.786 bits per heavy atom. The third kappa shape index (κ3) is 1.96. The highest BCUT2D eigenvalue weighted by atomic mass is 16.3. The van der Waals surface area contributed by atoms with E-state index in [4.69, 9.17) is 8.83 Å². The van der Waals surface area contributed by atoms with Gasteiger partial charge in [0.15, 0.2) is 0 Å². The zero-order valence-electron chi connectivity index (χ0n) is 8.28. The maximum Gasteiger partial charge on any atom is 0.127 e. The molecule has 0 saturated carbocycles. The zero-order chi connectivity index (χ0) is 9.97. The van der Waals surface area contributed by atoms with Crippen LogP contribution in [0.15, 0.2) is 33.1 Å². The first-order valence-electron chi connectivity index (χ1n) is 4.55. The second-order valence-electron chi connectivity index (χ2n) is 3.23. The van der Waals surface area contributed by atoms with Crippen LogP contribution in [0.3, 0.4) is 0 Å². The van der Waals surface area contributed by atoms with Crippen molar-refractivity contribution in [3.8, 4) is 0 Å². The fourth-order valence-electron chi connectivity index (χ4n) is 1.25. The number of aryl methyl sites for hydroxylation is 2. The van der Waals surface area contributed by atoms with Gasteiger partial charge < -0.3 is 8.83 Å². The van der Waals surface area contributed by atoms with E-state index in [1.165, 1.54) is 0 Å². The Bertz CT molecular complexity index is 404. The molecule has 0 spiro atoms. The van der Waals surface area contributed by atoms with Gasteiger partial charge in [0.1, 0.15) is 23.0 Å². The molecule has 0 fully saturated rings. The van der Waals surface area contributed by atoms with Crippen LogP contribution in [-0.4, -0.2) is 0 Å². The van der Waals surface area contributed by atoms with Crippen LogP contribution >= 0.6 is 0 Å². The van der Waals surface area contributed by atoms with Crippen LogP contribution in [0.2, 0.25) is 0 Å². The van der Waals surface area contributed by atoms with Gasteiger partial charge in [0, 0.05) is 0 Å². The van der Waals surface area contributed by atoms with Crippen LogP contribution in [0, 0.1) is 13.8 Å². The van der Waals surface area contributed by atoms with E-state index in [2.05, 4.69) is 0 Å². The van der Waals surface area contributed by atoms with Crippen molar-refractivity contribution in [2.24, 2.45) is 0 Å².